The SMILES string of the molecule is COc1ccc(-c2ccc(C(C)=O)cc2)nc1N=C(N)C1CC1. The van der Waals surface area contributed by atoms with E-state index in [4.69, 9.17) is 10.5 Å². The van der Waals surface area contributed by atoms with Crippen molar-refractivity contribution in [2.75, 3.05) is 7.11 Å². The standard InChI is InChI=1S/C18H19N3O2/c1-11(22)12-3-5-13(6-4-12)15-9-10-16(23-2)18(20-15)21-17(19)14-7-8-14/h3-6,9-10,14H,7-8H2,1-2H3,(H2,19,20,21). The molecule has 1 aromatic carbocycles. The fourth-order valence-corrected chi connectivity index (χ4v) is 2.30. The molecule has 0 radical (unpaired) electrons. The molecule has 3 rings (SSSR count). The van der Waals surface area contributed by atoms with Crippen LogP contribution in [0.4, 0.5) is 5.82 Å². The largest absolute Gasteiger partial charge is 0.493 e. The van der Waals surface area contributed by atoms with Crippen LogP contribution in [0.2, 0.25) is 0 Å². The van der Waals surface area contributed by atoms with Crippen LogP contribution in [0.1, 0.15) is 30.1 Å². The van der Waals surface area contributed by atoms with Gasteiger partial charge < -0.3 is 10.5 Å². The molecule has 0 spiro atoms. The van der Waals surface area contributed by atoms with Gasteiger partial charge in [-0.2, -0.15) is 0 Å². The van der Waals surface area contributed by atoms with Crippen molar-refractivity contribution in [1.29, 1.82) is 0 Å². The van der Waals surface area contributed by atoms with E-state index in [1.54, 1.807) is 26.2 Å². The van der Waals surface area contributed by atoms with Gasteiger partial charge in [0.1, 0.15) is 5.84 Å². The van der Waals surface area contributed by atoms with Gasteiger partial charge in [-0.3, -0.25) is 4.79 Å². The number of rotatable bonds is 5. The third-order valence-corrected chi connectivity index (χ3v) is 3.88. The van der Waals surface area contributed by atoms with E-state index in [0.717, 1.165) is 24.1 Å². The fraction of sp³-hybridized carbons (Fsp3) is 0.278. The van der Waals surface area contributed by atoms with E-state index in [2.05, 4.69) is 9.98 Å². The van der Waals surface area contributed by atoms with Gasteiger partial charge in [-0.15, -0.1) is 0 Å². The molecule has 0 amide bonds. The van der Waals surface area contributed by atoms with Crippen molar-refractivity contribution < 1.29 is 9.53 Å². The van der Waals surface area contributed by atoms with Crippen LogP contribution in [-0.4, -0.2) is 23.7 Å². The maximum absolute atomic E-state index is 11.4. The first-order valence-corrected chi connectivity index (χ1v) is 7.59. The van der Waals surface area contributed by atoms with E-state index in [1.165, 1.54) is 0 Å². The van der Waals surface area contributed by atoms with Crippen LogP contribution in [0.15, 0.2) is 41.4 Å². The van der Waals surface area contributed by atoms with Crippen LogP contribution in [0.5, 0.6) is 5.75 Å². The second-order valence-electron chi connectivity index (χ2n) is 5.67. The van der Waals surface area contributed by atoms with Crippen molar-refractivity contribution in [3.63, 3.8) is 0 Å². The summed E-state index contributed by atoms with van der Waals surface area (Å²) in [5.41, 5.74) is 8.36. The molecule has 0 saturated heterocycles. The van der Waals surface area contributed by atoms with Gasteiger partial charge in [-0.1, -0.05) is 24.3 Å². The molecule has 5 nitrogen and oxygen atoms in total. The lowest BCUT2D eigenvalue weighted by Gasteiger charge is -2.08. The number of aromatic nitrogens is 1. The summed E-state index contributed by atoms with van der Waals surface area (Å²) in [7, 11) is 1.59. The highest BCUT2D eigenvalue weighted by molar-refractivity contribution is 5.94. The van der Waals surface area contributed by atoms with Crippen LogP contribution < -0.4 is 10.5 Å². The molecular weight excluding hydrogens is 290 g/mol. The second-order valence-corrected chi connectivity index (χ2v) is 5.67. The van der Waals surface area contributed by atoms with E-state index >= 15 is 0 Å². The Balaban J connectivity index is 1.96. The Morgan fingerprint density at radius 2 is 1.91 bits per heavy atom. The number of ketones is 1. The van der Waals surface area contributed by atoms with Crippen LogP contribution >= 0.6 is 0 Å². The van der Waals surface area contributed by atoms with E-state index in [-0.39, 0.29) is 5.78 Å². The Morgan fingerprint density at radius 3 is 2.48 bits per heavy atom. The minimum atomic E-state index is 0.0433. The number of amidine groups is 1. The maximum atomic E-state index is 11.4. The summed E-state index contributed by atoms with van der Waals surface area (Å²) >= 11 is 0. The van der Waals surface area contributed by atoms with Crippen LogP contribution in [0.3, 0.4) is 0 Å². The molecular formula is C18H19N3O2. The molecule has 1 heterocycles. The van der Waals surface area contributed by atoms with Gasteiger partial charge in [0.05, 0.1) is 12.8 Å². The van der Waals surface area contributed by atoms with Crippen LogP contribution in [0.25, 0.3) is 11.3 Å². The van der Waals surface area contributed by atoms with Gasteiger partial charge in [0.25, 0.3) is 0 Å². The predicted molar refractivity (Wildman–Crippen MR) is 90.2 cm³/mol. The second kappa shape index (κ2) is 6.20. The number of aliphatic imine (C=N–C) groups is 1. The number of Topliss-reactive ketones (excluding diaryl/α,β-unsaturated/α-hetero) is 1. The summed E-state index contributed by atoms with van der Waals surface area (Å²) in [6.07, 6.45) is 2.17. The fourth-order valence-electron chi connectivity index (χ4n) is 2.30. The summed E-state index contributed by atoms with van der Waals surface area (Å²) in [6.45, 7) is 1.55. The number of carbonyl (C=O) groups excluding carboxylic acids is 1. The van der Waals surface area contributed by atoms with Gasteiger partial charge in [-0.25, -0.2) is 9.98 Å². The van der Waals surface area contributed by atoms with Crippen molar-refractivity contribution in [3.8, 4) is 17.0 Å². The van der Waals surface area contributed by atoms with Crippen LogP contribution in [0, 0.1) is 5.92 Å². The molecule has 1 aromatic heterocycles. The number of pyridine rings is 1. The summed E-state index contributed by atoms with van der Waals surface area (Å²) in [5, 5.41) is 0. The van der Waals surface area contributed by atoms with Crippen molar-refractivity contribution in [2.24, 2.45) is 16.6 Å². The Bertz CT molecular complexity index is 762. The number of carbonyl (C=O) groups is 1. The third kappa shape index (κ3) is 3.39. The van der Waals surface area contributed by atoms with Gasteiger partial charge in [0.15, 0.2) is 17.4 Å². The Morgan fingerprint density at radius 1 is 1.22 bits per heavy atom. The highest BCUT2D eigenvalue weighted by Gasteiger charge is 2.26. The predicted octanol–water partition coefficient (Wildman–Crippen LogP) is 3.36. The molecule has 2 N–H and O–H groups in total. The van der Waals surface area contributed by atoms with E-state index in [9.17, 15) is 4.79 Å². The van der Waals surface area contributed by atoms with Gasteiger partial charge >= 0.3 is 0 Å². The van der Waals surface area contributed by atoms with Gasteiger partial charge in [-0.05, 0) is 31.9 Å². The molecule has 1 saturated carbocycles. The van der Waals surface area contributed by atoms with Crippen molar-refractivity contribution >= 4 is 17.4 Å². The lowest BCUT2D eigenvalue weighted by Crippen LogP contribution is -2.13. The Kier molecular flexibility index (Phi) is 4.10. The van der Waals surface area contributed by atoms with Crippen molar-refractivity contribution in [2.45, 2.75) is 19.8 Å². The number of hydrogen-bond donors (Lipinski definition) is 1. The van der Waals surface area contributed by atoms with E-state index < -0.39 is 0 Å². The first kappa shape index (κ1) is 15.2. The minimum absolute atomic E-state index is 0.0433. The minimum Gasteiger partial charge on any atom is -0.493 e. The molecule has 0 bridgehead atoms. The number of benzene rings is 1. The zero-order valence-corrected chi connectivity index (χ0v) is 13.2. The average Bonchev–Trinajstić information content (AvgIpc) is 3.40. The van der Waals surface area contributed by atoms with Crippen molar-refractivity contribution in [1.82, 2.24) is 4.98 Å². The number of hydrogen-bond acceptors (Lipinski definition) is 4. The summed E-state index contributed by atoms with van der Waals surface area (Å²) in [6, 6.07) is 11.1. The molecule has 0 aliphatic heterocycles. The summed E-state index contributed by atoms with van der Waals surface area (Å²) in [5.74, 6) is 2.12. The average molecular weight is 309 g/mol. The highest BCUT2D eigenvalue weighted by Crippen LogP contribution is 2.33. The molecule has 23 heavy (non-hydrogen) atoms. The molecule has 118 valence electrons. The monoisotopic (exact) mass is 309 g/mol. The molecule has 0 atom stereocenters. The maximum Gasteiger partial charge on any atom is 0.197 e. The quantitative estimate of drug-likeness (QED) is 0.522. The topological polar surface area (TPSA) is 77.6 Å². The number of nitrogens with zero attached hydrogens (tertiary/aromatic N) is 2. The van der Waals surface area contributed by atoms with Gasteiger partial charge in [0, 0.05) is 17.0 Å². The highest BCUT2D eigenvalue weighted by atomic mass is 16.5. The lowest BCUT2D eigenvalue weighted by molar-refractivity contribution is 0.101. The number of nitrogens with two attached hydrogens (primary N) is 1. The lowest BCUT2D eigenvalue weighted by atomic mass is 10.1. The third-order valence-electron chi connectivity index (χ3n) is 3.88. The smallest absolute Gasteiger partial charge is 0.197 e. The molecule has 2 aromatic rings. The normalized spacial score (nSPS) is 14.6. The molecule has 1 fully saturated rings. The van der Waals surface area contributed by atoms with Crippen molar-refractivity contribution in [3.05, 3.63) is 42.0 Å². The first-order chi connectivity index (χ1) is 11.1. The first-order valence-electron chi connectivity index (χ1n) is 7.59. The molecule has 1 aliphatic carbocycles. The van der Waals surface area contributed by atoms with Gasteiger partial charge in [0.2, 0.25) is 0 Å². The zero-order valence-electron chi connectivity index (χ0n) is 13.2. The molecule has 1 aliphatic rings. The number of methoxy groups -OCH3 is 1. The number of ether oxygens (including phenoxy) is 1. The summed E-state index contributed by atoms with van der Waals surface area (Å²) in [4.78, 5) is 20.3. The van der Waals surface area contributed by atoms with E-state index in [1.807, 2.05) is 24.3 Å². The Hall–Kier alpha value is -2.69. The molecule has 5 heteroatoms. The summed E-state index contributed by atoms with van der Waals surface area (Å²) < 4.78 is 5.32. The molecule has 0 unspecified atom stereocenters. The zero-order chi connectivity index (χ0) is 16.4. The van der Waals surface area contributed by atoms with E-state index in [0.29, 0.717) is 28.9 Å². The Labute approximate surface area is 135 Å². The van der Waals surface area contributed by atoms with Crippen LogP contribution in [-0.2, 0) is 0 Å².